The molecule has 0 bridgehead atoms. The monoisotopic (exact) mass is 364 g/mol. The molecule has 2 aromatic carbocycles. The van der Waals surface area contributed by atoms with Gasteiger partial charge in [0.1, 0.15) is 11.4 Å². The highest BCUT2D eigenvalue weighted by Crippen LogP contribution is 2.20. The van der Waals surface area contributed by atoms with E-state index in [2.05, 4.69) is 10.6 Å². The van der Waals surface area contributed by atoms with Gasteiger partial charge in [0, 0.05) is 16.3 Å². The lowest BCUT2D eigenvalue weighted by molar-refractivity contribution is 0.0635. The summed E-state index contributed by atoms with van der Waals surface area (Å²) >= 11 is 5.68. The lowest BCUT2D eigenvalue weighted by atomic mass is 10.2. The van der Waals surface area contributed by atoms with E-state index in [-0.39, 0.29) is 16.3 Å². The molecule has 0 saturated carbocycles. The second-order valence-corrected chi connectivity index (χ2v) is 6.72. The maximum atomic E-state index is 13.8. The third-order valence-corrected chi connectivity index (χ3v) is 3.18. The molecule has 0 aliphatic carbocycles. The summed E-state index contributed by atoms with van der Waals surface area (Å²) in [5, 5.41) is 5.23. The Morgan fingerprint density at radius 3 is 2.44 bits per heavy atom. The zero-order chi connectivity index (χ0) is 18.6. The Hall–Kier alpha value is -2.60. The Labute approximate surface area is 150 Å². The molecule has 25 heavy (non-hydrogen) atoms. The van der Waals surface area contributed by atoms with Gasteiger partial charge in [-0.15, -0.1) is 0 Å². The molecule has 0 radical (unpaired) electrons. The van der Waals surface area contributed by atoms with Crippen LogP contribution in [0.15, 0.2) is 42.5 Å². The number of benzene rings is 2. The lowest BCUT2D eigenvalue weighted by Gasteiger charge is -2.19. The molecular weight excluding hydrogens is 347 g/mol. The van der Waals surface area contributed by atoms with Gasteiger partial charge in [-0.25, -0.2) is 9.18 Å². The third-order valence-electron chi connectivity index (χ3n) is 2.95. The average Bonchev–Trinajstić information content (AvgIpc) is 2.48. The Bertz CT molecular complexity index is 803. The van der Waals surface area contributed by atoms with Gasteiger partial charge in [-0.3, -0.25) is 10.1 Å². The topological polar surface area (TPSA) is 67.4 Å². The summed E-state index contributed by atoms with van der Waals surface area (Å²) in [7, 11) is 0. The van der Waals surface area contributed by atoms with E-state index in [1.54, 1.807) is 39.0 Å². The highest BCUT2D eigenvalue weighted by molar-refractivity contribution is 6.30. The molecule has 2 N–H and O–H groups in total. The second-order valence-electron chi connectivity index (χ2n) is 6.29. The Morgan fingerprint density at radius 1 is 1.08 bits per heavy atom. The van der Waals surface area contributed by atoms with Crippen LogP contribution in [0, 0.1) is 5.82 Å². The van der Waals surface area contributed by atoms with Gasteiger partial charge in [-0.2, -0.15) is 0 Å². The van der Waals surface area contributed by atoms with Crippen molar-refractivity contribution >= 4 is 35.0 Å². The molecule has 0 heterocycles. The predicted molar refractivity (Wildman–Crippen MR) is 95.7 cm³/mol. The van der Waals surface area contributed by atoms with E-state index in [1.165, 1.54) is 18.2 Å². The van der Waals surface area contributed by atoms with E-state index < -0.39 is 23.4 Å². The molecule has 0 aliphatic rings. The normalized spacial score (nSPS) is 10.9. The number of ether oxygens (including phenoxy) is 1. The fraction of sp³-hybridized carbons (Fsp3) is 0.222. The number of hydrogen-bond acceptors (Lipinski definition) is 3. The second kappa shape index (κ2) is 7.53. The standard InChI is InChI=1S/C18H18ClFN2O3/c1-18(2,3)25-17(24)21-13-6-4-5-11(9-13)16(23)22-15-8-7-12(19)10-14(15)20/h4-10H,1-3H3,(H,21,24)(H,22,23). The van der Waals surface area contributed by atoms with E-state index in [0.29, 0.717) is 5.69 Å². The molecule has 0 atom stereocenters. The molecule has 0 spiro atoms. The van der Waals surface area contributed by atoms with Crippen LogP contribution in [-0.4, -0.2) is 17.6 Å². The number of carbonyl (C=O) groups excluding carboxylic acids is 2. The van der Waals surface area contributed by atoms with Gasteiger partial charge in [0.05, 0.1) is 5.69 Å². The van der Waals surface area contributed by atoms with E-state index >= 15 is 0 Å². The first-order valence-electron chi connectivity index (χ1n) is 7.50. The summed E-state index contributed by atoms with van der Waals surface area (Å²) in [4.78, 5) is 24.0. The molecule has 2 rings (SSSR count). The van der Waals surface area contributed by atoms with Crippen molar-refractivity contribution in [1.29, 1.82) is 0 Å². The van der Waals surface area contributed by atoms with Crippen molar-refractivity contribution in [2.24, 2.45) is 0 Å². The van der Waals surface area contributed by atoms with Crippen molar-refractivity contribution in [3.05, 3.63) is 58.9 Å². The molecule has 0 unspecified atom stereocenters. The highest BCUT2D eigenvalue weighted by Gasteiger charge is 2.17. The van der Waals surface area contributed by atoms with Crippen LogP contribution in [-0.2, 0) is 4.74 Å². The van der Waals surface area contributed by atoms with Gasteiger partial charge >= 0.3 is 6.09 Å². The van der Waals surface area contributed by atoms with Gasteiger partial charge < -0.3 is 10.1 Å². The number of halogens is 2. The van der Waals surface area contributed by atoms with Crippen LogP contribution in [0.3, 0.4) is 0 Å². The molecule has 0 saturated heterocycles. The largest absolute Gasteiger partial charge is 0.444 e. The van der Waals surface area contributed by atoms with Crippen LogP contribution < -0.4 is 10.6 Å². The molecule has 2 amide bonds. The fourth-order valence-corrected chi connectivity index (χ4v) is 2.10. The molecule has 0 fully saturated rings. The summed E-state index contributed by atoms with van der Waals surface area (Å²) in [6.45, 7) is 5.24. The molecule has 0 aromatic heterocycles. The minimum absolute atomic E-state index is 0.0138. The Kier molecular flexibility index (Phi) is 5.64. The van der Waals surface area contributed by atoms with E-state index in [0.717, 1.165) is 6.07 Å². The summed E-state index contributed by atoms with van der Waals surface area (Å²) in [6, 6.07) is 10.2. The van der Waals surface area contributed by atoms with Crippen LogP contribution in [0.2, 0.25) is 5.02 Å². The maximum absolute atomic E-state index is 13.8. The number of nitrogens with one attached hydrogen (secondary N) is 2. The summed E-state index contributed by atoms with van der Waals surface area (Å²) in [6.07, 6.45) is -0.631. The Balaban J connectivity index is 2.09. The maximum Gasteiger partial charge on any atom is 0.412 e. The molecule has 5 nitrogen and oxygen atoms in total. The van der Waals surface area contributed by atoms with Gasteiger partial charge in [-0.05, 0) is 57.2 Å². The summed E-state index contributed by atoms with van der Waals surface area (Å²) in [5.41, 5.74) is 0.0202. The van der Waals surface area contributed by atoms with Gasteiger partial charge in [0.2, 0.25) is 0 Å². The fourth-order valence-electron chi connectivity index (χ4n) is 1.94. The van der Waals surface area contributed by atoms with Crippen molar-refractivity contribution in [3.63, 3.8) is 0 Å². The van der Waals surface area contributed by atoms with Crippen molar-refractivity contribution < 1.29 is 18.7 Å². The van der Waals surface area contributed by atoms with Crippen LogP contribution in [0.5, 0.6) is 0 Å². The number of rotatable bonds is 3. The number of hydrogen-bond donors (Lipinski definition) is 2. The smallest absolute Gasteiger partial charge is 0.412 e. The molecule has 2 aromatic rings. The quantitative estimate of drug-likeness (QED) is 0.798. The molecule has 7 heteroatoms. The SMILES string of the molecule is CC(C)(C)OC(=O)Nc1cccc(C(=O)Nc2ccc(Cl)cc2F)c1. The summed E-state index contributed by atoms with van der Waals surface area (Å²) < 4.78 is 18.9. The average molecular weight is 365 g/mol. The predicted octanol–water partition coefficient (Wildman–Crippen LogP) is 5.08. The van der Waals surface area contributed by atoms with Crippen LogP contribution in [0.1, 0.15) is 31.1 Å². The number of carbonyl (C=O) groups is 2. The molecule has 0 aliphatic heterocycles. The van der Waals surface area contributed by atoms with Crippen molar-refractivity contribution in [1.82, 2.24) is 0 Å². The van der Waals surface area contributed by atoms with Crippen LogP contribution in [0.25, 0.3) is 0 Å². The minimum Gasteiger partial charge on any atom is -0.444 e. The van der Waals surface area contributed by atoms with Crippen LogP contribution >= 0.6 is 11.6 Å². The van der Waals surface area contributed by atoms with Crippen molar-refractivity contribution in [2.45, 2.75) is 26.4 Å². The first kappa shape index (κ1) is 18.7. The molecular formula is C18H18ClFN2O3. The van der Waals surface area contributed by atoms with Gasteiger partial charge in [0.25, 0.3) is 5.91 Å². The molecule has 132 valence electrons. The highest BCUT2D eigenvalue weighted by atomic mass is 35.5. The van der Waals surface area contributed by atoms with Crippen LogP contribution in [0.4, 0.5) is 20.6 Å². The zero-order valence-electron chi connectivity index (χ0n) is 14.0. The minimum atomic E-state index is -0.635. The Morgan fingerprint density at radius 2 is 1.80 bits per heavy atom. The lowest BCUT2D eigenvalue weighted by Crippen LogP contribution is -2.27. The third kappa shape index (κ3) is 5.76. The first-order chi connectivity index (χ1) is 11.6. The van der Waals surface area contributed by atoms with E-state index in [9.17, 15) is 14.0 Å². The number of anilines is 2. The van der Waals surface area contributed by atoms with E-state index in [1.807, 2.05) is 0 Å². The first-order valence-corrected chi connectivity index (χ1v) is 7.88. The zero-order valence-corrected chi connectivity index (χ0v) is 14.8. The van der Waals surface area contributed by atoms with E-state index in [4.69, 9.17) is 16.3 Å². The summed E-state index contributed by atoms with van der Waals surface area (Å²) in [5.74, 6) is -1.15. The van der Waals surface area contributed by atoms with Gasteiger partial charge in [-0.1, -0.05) is 17.7 Å². The van der Waals surface area contributed by atoms with Crippen molar-refractivity contribution in [2.75, 3.05) is 10.6 Å². The number of amides is 2. The van der Waals surface area contributed by atoms with Gasteiger partial charge in [0.15, 0.2) is 0 Å². The van der Waals surface area contributed by atoms with Crippen molar-refractivity contribution in [3.8, 4) is 0 Å².